The molecule has 0 saturated heterocycles. The second kappa shape index (κ2) is 3.61. The molecule has 0 unspecified atom stereocenters. The summed E-state index contributed by atoms with van der Waals surface area (Å²) in [6, 6.07) is 7.51. The Balaban J connectivity index is 2.91. The average molecular weight is 150 g/mol. The first-order valence-electron chi connectivity index (χ1n) is 3.24. The van der Waals surface area contributed by atoms with Crippen LogP contribution in [0.25, 0.3) is 0 Å². The van der Waals surface area contributed by atoms with Crippen LogP contribution in [0.3, 0.4) is 0 Å². The lowest BCUT2D eigenvalue weighted by Gasteiger charge is -1.98. The summed E-state index contributed by atoms with van der Waals surface area (Å²) in [7, 11) is 1.62. The Kier molecular flexibility index (Phi) is 2.49. The molecule has 0 aromatic heterocycles. The molecule has 0 heterocycles. The van der Waals surface area contributed by atoms with Crippen LogP contribution in [0.15, 0.2) is 29.4 Å². The Hall–Kier alpha value is -1.51. The van der Waals surface area contributed by atoms with E-state index in [1.807, 2.05) is 24.3 Å². The Labute approximate surface area is 65.5 Å². The van der Waals surface area contributed by atoms with Crippen LogP contribution in [0, 0.1) is 0 Å². The fraction of sp³-hybridized carbons (Fsp3) is 0.125. The van der Waals surface area contributed by atoms with Gasteiger partial charge in [-0.1, -0.05) is 12.1 Å². The molecule has 58 valence electrons. The van der Waals surface area contributed by atoms with E-state index in [1.54, 1.807) is 13.3 Å². The van der Waals surface area contributed by atoms with Gasteiger partial charge in [0.15, 0.2) is 0 Å². The molecule has 0 saturated carbocycles. The summed E-state index contributed by atoms with van der Waals surface area (Å²) in [5, 5.41) is 3.40. The van der Waals surface area contributed by atoms with Gasteiger partial charge in [-0.25, -0.2) is 0 Å². The van der Waals surface area contributed by atoms with E-state index in [4.69, 9.17) is 10.6 Å². The smallest absolute Gasteiger partial charge is 0.119 e. The van der Waals surface area contributed by atoms with Crippen LogP contribution in [0.1, 0.15) is 5.56 Å². The molecule has 0 spiro atoms. The quantitative estimate of drug-likeness (QED) is 0.388. The first-order valence-corrected chi connectivity index (χ1v) is 3.24. The number of rotatable bonds is 2. The van der Waals surface area contributed by atoms with Crippen molar-refractivity contribution in [2.24, 2.45) is 10.9 Å². The van der Waals surface area contributed by atoms with E-state index in [2.05, 4.69) is 5.10 Å². The Morgan fingerprint density at radius 1 is 1.55 bits per heavy atom. The van der Waals surface area contributed by atoms with E-state index in [1.165, 1.54) is 0 Å². The fourth-order valence-corrected chi connectivity index (χ4v) is 0.808. The molecule has 0 radical (unpaired) electrons. The second-order valence-corrected chi connectivity index (χ2v) is 2.05. The zero-order chi connectivity index (χ0) is 8.10. The van der Waals surface area contributed by atoms with Crippen molar-refractivity contribution in [2.75, 3.05) is 7.11 Å². The van der Waals surface area contributed by atoms with E-state index < -0.39 is 0 Å². The summed E-state index contributed by atoms with van der Waals surface area (Å²) in [4.78, 5) is 0. The van der Waals surface area contributed by atoms with Gasteiger partial charge in [0.25, 0.3) is 0 Å². The monoisotopic (exact) mass is 150 g/mol. The van der Waals surface area contributed by atoms with Gasteiger partial charge in [-0.3, -0.25) is 0 Å². The molecule has 0 atom stereocenters. The topological polar surface area (TPSA) is 47.6 Å². The summed E-state index contributed by atoms with van der Waals surface area (Å²) in [6.07, 6.45) is 1.57. The molecule has 2 N–H and O–H groups in total. The van der Waals surface area contributed by atoms with Gasteiger partial charge in [0.2, 0.25) is 0 Å². The number of benzene rings is 1. The summed E-state index contributed by atoms with van der Waals surface area (Å²) < 4.78 is 5.00. The van der Waals surface area contributed by atoms with Crippen LogP contribution in [-0.2, 0) is 0 Å². The van der Waals surface area contributed by atoms with Crippen molar-refractivity contribution in [1.29, 1.82) is 0 Å². The van der Waals surface area contributed by atoms with Crippen LogP contribution in [0.5, 0.6) is 5.75 Å². The molecular formula is C8H10N2O. The number of nitrogens with zero attached hydrogens (tertiary/aromatic N) is 1. The van der Waals surface area contributed by atoms with Crippen molar-refractivity contribution in [1.82, 2.24) is 0 Å². The molecule has 1 aromatic carbocycles. The zero-order valence-electron chi connectivity index (χ0n) is 6.32. The highest BCUT2D eigenvalue weighted by molar-refractivity contribution is 5.79. The summed E-state index contributed by atoms with van der Waals surface area (Å²) in [6.45, 7) is 0. The van der Waals surface area contributed by atoms with Crippen molar-refractivity contribution in [3.05, 3.63) is 29.8 Å². The highest BCUT2D eigenvalue weighted by atomic mass is 16.5. The van der Waals surface area contributed by atoms with Crippen molar-refractivity contribution in [3.8, 4) is 5.75 Å². The molecule has 0 aliphatic carbocycles. The van der Waals surface area contributed by atoms with E-state index in [-0.39, 0.29) is 0 Å². The number of hydrogen-bond acceptors (Lipinski definition) is 3. The molecule has 0 fully saturated rings. The van der Waals surface area contributed by atoms with Gasteiger partial charge in [-0.15, -0.1) is 0 Å². The van der Waals surface area contributed by atoms with Gasteiger partial charge >= 0.3 is 0 Å². The zero-order valence-corrected chi connectivity index (χ0v) is 6.32. The predicted molar refractivity (Wildman–Crippen MR) is 44.8 cm³/mol. The Morgan fingerprint density at radius 3 is 3.00 bits per heavy atom. The summed E-state index contributed by atoms with van der Waals surface area (Å²) >= 11 is 0. The predicted octanol–water partition coefficient (Wildman–Crippen LogP) is 0.988. The fourth-order valence-electron chi connectivity index (χ4n) is 0.808. The Bertz CT molecular complexity index is 258. The number of nitrogens with two attached hydrogens (primary N) is 1. The number of ether oxygens (including phenoxy) is 1. The standard InChI is InChI=1S/C8H10N2O/c1-11-8-4-2-3-7(5-8)6-10-9/h2-6H,9H2,1H3/b10-6+. The number of hydrogen-bond donors (Lipinski definition) is 1. The first-order chi connectivity index (χ1) is 5.36. The van der Waals surface area contributed by atoms with Gasteiger partial charge in [-0.05, 0) is 17.7 Å². The first kappa shape index (κ1) is 7.60. The molecule has 0 bridgehead atoms. The second-order valence-electron chi connectivity index (χ2n) is 2.05. The van der Waals surface area contributed by atoms with E-state index >= 15 is 0 Å². The lowest BCUT2D eigenvalue weighted by molar-refractivity contribution is 0.415. The maximum Gasteiger partial charge on any atom is 0.119 e. The molecular weight excluding hydrogens is 140 g/mol. The van der Waals surface area contributed by atoms with Crippen molar-refractivity contribution in [2.45, 2.75) is 0 Å². The largest absolute Gasteiger partial charge is 0.497 e. The molecule has 0 aliphatic rings. The maximum atomic E-state index is 5.00. The maximum absolute atomic E-state index is 5.00. The summed E-state index contributed by atoms with van der Waals surface area (Å²) in [5.74, 6) is 5.79. The molecule has 1 rings (SSSR count). The number of methoxy groups -OCH3 is 1. The van der Waals surface area contributed by atoms with Crippen molar-refractivity contribution < 1.29 is 4.74 Å². The van der Waals surface area contributed by atoms with Gasteiger partial charge in [0.1, 0.15) is 5.75 Å². The molecule has 0 aliphatic heterocycles. The van der Waals surface area contributed by atoms with Crippen LogP contribution in [-0.4, -0.2) is 13.3 Å². The van der Waals surface area contributed by atoms with E-state index in [9.17, 15) is 0 Å². The van der Waals surface area contributed by atoms with E-state index in [0.717, 1.165) is 11.3 Å². The lowest BCUT2D eigenvalue weighted by Crippen LogP contribution is -1.87. The highest BCUT2D eigenvalue weighted by Gasteiger charge is 1.90. The van der Waals surface area contributed by atoms with Crippen LogP contribution in [0.4, 0.5) is 0 Å². The summed E-state index contributed by atoms with van der Waals surface area (Å²) in [5.41, 5.74) is 0.937. The minimum Gasteiger partial charge on any atom is -0.497 e. The molecule has 3 nitrogen and oxygen atoms in total. The molecule has 0 amide bonds. The van der Waals surface area contributed by atoms with Crippen LogP contribution < -0.4 is 10.6 Å². The SMILES string of the molecule is COc1cccc(/C=N/N)c1. The molecule has 3 heteroatoms. The van der Waals surface area contributed by atoms with Gasteiger partial charge in [0.05, 0.1) is 13.3 Å². The van der Waals surface area contributed by atoms with Gasteiger partial charge < -0.3 is 10.6 Å². The third-order valence-corrected chi connectivity index (χ3v) is 1.32. The van der Waals surface area contributed by atoms with Crippen LogP contribution in [0.2, 0.25) is 0 Å². The minimum atomic E-state index is 0.808. The van der Waals surface area contributed by atoms with E-state index in [0.29, 0.717) is 0 Å². The van der Waals surface area contributed by atoms with Crippen molar-refractivity contribution in [3.63, 3.8) is 0 Å². The minimum absolute atomic E-state index is 0.808. The van der Waals surface area contributed by atoms with Gasteiger partial charge in [0, 0.05) is 0 Å². The average Bonchev–Trinajstić information content (AvgIpc) is 2.06. The number of hydrazone groups is 1. The third-order valence-electron chi connectivity index (χ3n) is 1.32. The third kappa shape index (κ3) is 1.97. The molecule has 1 aromatic rings. The normalized spacial score (nSPS) is 10.3. The van der Waals surface area contributed by atoms with Crippen molar-refractivity contribution >= 4 is 6.21 Å². The molecule has 11 heavy (non-hydrogen) atoms. The van der Waals surface area contributed by atoms with Crippen LogP contribution >= 0.6 is 0 Å². The Morgan fingerprint density at radius 2 is 2.36 bits per heavy atom. The highest BCUT2D eigenvalue weighted by Crippen LogP contribution is 2.10. The lowest BCUT2D eigenvalue weighted by atomic mass is 10.2. The van der Waals surface area contributed by atoms with Gasteiger partial charge in [-0.2, -0.15) is 5.10 Å².